The normalized spacial score (nSPS) is 13.7. The maximum absolute atomic E-state index is 13.9. The number of methoxy groups -OCH3 is 1. The van der Waals surface area contributed by atoms with Gasteiger partial charge in [-0.05, 0) is 56.7 Å². The molecule has 2 aromatic carbocycles. The maximum Gasteiger partial charge on any atom is 0.268 e. The first-order valence-electron chi connectivity index (χ1n) is 13.6. The van der Waals surface area contributed by atoms with Crippen LogP contribution in [0.2, 0.25) is 0 Å². The number of hydrogen-bond donors (Lipinski definition) is 0. The molecule has 0 spiro atoms. The van der Waals surface area contributed by atoms with E-state index in [1.807, 2.05) is 84.3 Å². The Hall–Kier alpha value is -4.44. The number of anilines is 1. The van der Waals surface area contributed by atoms with E-state index in [9.17, 15) is 9.59 Å². The highest BCUT2D eigenvalue weighted by molar-refractivity contribution is 7.15. The van der Waals surface area contributed by atoms with Crippen LogP contribution < -0.4 is 15.2 Å². The molecule has 0 aliphatic carbocycles. The molecule has 41 heavy (non-hydrogen) atoms. The summed E-state index contributed by atoms with van der Waals surface area (Å²) in [5.74, 6) is 0.826. The summed E-state index contributed by atoms with van der Waals surface area (Å²) in [6.45, 7) is 8.48. The van der Waals surface area contributed by atoms with Crippen LogP contribution in [0.25, 0.3) is 21.9 Å². The van der Waals surface area contributed by atoms with Crippen LogP contribution in [0.5, 0.6) is 5.75 Å². The lowest BCUT2D eigenvalue weighted by atomic mass is 10.1. The summed E-state index contributed by atoms with van der Waals surface area (Å²) in [5.41, 5.74) is 6.12. The molecule has 0 atom stereocenters. The molecule has 6 rings (SSSR count). The Morgan fingerprint density at radius 3 is 2.54 bits per heavy atom. The largest absolute Gasteiger partial charge is 0.495 e. The number of piperazine rings is 1. The van der Waals surface area contributed by atoms with E-state index < -0.39 is 0 Å². The molecule has 0 saturated carbocycles. The van der Waals surface area contributed by atoms with Crippen LogP contribution in [-0.2, 0) is 11.2 Å². The van der Waals surface area contributed by atoms with E-state index in [1.165, 1.54) is 11.3 Å². The molecular formula is C31H32N6O3S. The summed E-state index contributed by atoms with van der Waals surface area (Å²) in [4.78, 5) is 36.7. The van der Waals surface area contributed by atoms with Gasteiger partial charge in [-0.15, -0.1) is 11.3 Å². The summed E-state index contributed by atoms with van der Waals surface area (Å²) in [6.07, 6.45) is 0.134. The number of ether oxygens (including phenoxy) is 1. The first-order valence-corrected chi connectivity index (χ1v) is 14.5. The summed E-state index contributed by atoms with van der Waals surface area (Å²) in [6, 6.07) is 17.9. The van der Waals surface area contributed by atoms with Crippen molar-refractivity contribution in [3.63, 3.8) is 0 Å². The lowest BCUT2D eigenvalue weighted by molar-refractivity contribution is -0.130. The van der Waals surface area contributed by atoms with E-state index in [0.29, 0.717) is 53.8 Å². The number of amides is 1. The van der Waals surface area contributed by atoms with Crippen molar-refractivity contribution in [3.8, 4) is 22.7 Å². The van der Waals surface area contributed by atoms with Crippen molar-refractivity contribution in [3.05, 3.63) is 93.0 Å². The molecule has 0 radical (unpaired) electrons. The molecule has 1 fully saturated rings. The average Bonchev–Trinajstić information content (AvgIpc) is 3.56. The summed E-state index contributed by atoms with van der Waals surface area (Å²) in [7, 11) is 1.67. The van der Waals surface area contributed by atoms with Crippen molar-refractivity contribution in [1.82, 2.24) is 24.1 Å². The Morgan fingerprint density at radius 2 is 1.78 bits per heavy atom. The Balaban J connectivity index is 1.25. The van der Waals surface area contributed by atoms with Gasteiger partial charge in [-0.1, -0.05) is 24.3 Å². The Morgan fingerprint density at radius 1 is 1.00 bits per heavy atom. The van der Waals surface area contributed by atoms with Crippen LogP contribution in [-0.4, -0.2) is 63.3 Å². The van der Waals surface area contributed by atoms with Gasteiger partial charge in [0.2, 0.25) is 5.91 Å². The Labute approximate surface area is 242 Å². The van der Waals surface area contributed by atoms with Gasteiger partial charge in [-0.25, -0.2) is 9.67 Å². The lowest BCUT2D eigenvalue weighted by Crippen LogP contribution is -2.49. The molecule has 9 nitrogen and oxygen atoms in total. The Bertz CT molecular complexity index is 1810. The van der Waals surface area contributed by atoms with Gasteiger partial charge in [0.25, 0.3) is 5.56 Å². The van der Waals surface area contributed by atoms with Crippen molar-refractivity contribution in [2.24, 2.45) is 0 Å². The fourth-order valence-corrected chi connectivity index (χ4v) is 6.42. The van der Waals surface area contributed by atoms with Gasteiger partial charge in [-0.2, -0.15) is 5.10 Å². The minimum absolute atomic E-state index is 0.00188. The standard InChI is InChI=1S/C31H32N6O3S/c1-20-8-7-9-23(16-20)37-21(2)17-25(33-37)29-22(3)32-31-36(30(29)39)24(19-41-31)18-28(38)35-14-12-34(13-15-35)26-10-5-6-11-27(26)40-4/h5-11,16-17,19H,12-15,18H2,1-4H3. The lowest BCUT2D eigenvalue weighted by Gasteiger charge is -2.36. The molecule has 0 unspecified atom stereocenters. The van der Waals surface area contributed by atoms with E-state index in [1.54, 1.807) is 11.5 Å². The minimum atomic E-state index is -0.202. The highest BCUT2D eigenvalue weighted by Gasteiger charge is 2.25. The van der Waals surface area contributed by atoms with E-state index >= 15 is 0 Å². The van der Waals surface area contributed by atoms with Gasteiger partial charge in [0.15, 0.2) is 4.96 Å². The zero-order valence-corrected chi connectivity index (χ0v) is 24.4. The van der Waals surface area contributed by atoms with E-state index in [2.05, 4.69) is 11.0 Å². The predicted octanol–water partition coefficient (Wildman–Crippen LogP) is 4.43. The highest BCUT2D eigenvalue weighted by atomic mass is 32.1. The number of benzene rings is 2. The number of aryl methyl sites for hydroxylation is 3. The van der Waals surface area contributed by atoms with Gasteiger partial charge < -0.3 is 14.5 Å². The third kappa shape index (κ3) is 4.99. The number of hydrogen-bond acceptors (Lipinski definition) is 7. The molecule has 10 heteroatoms. The molecule has 4 heterocycles. The molecule has 1 aliphatic heterocycles. The fourth-order valence-electron chi connectivity index (χ4n) is 5.50. The summed E-state index contributed by atoms with van der Waals surface area (Å²) in [5, 5.41) is 6.66. The molecule has 5 aromatic rings. The molecule has 1 saturated heterocycles. The number of nitrogens with zero attached hydrogens (tertiary/aromatic N) is 6. The first kappa shape index (κ1) is 26.8. The summed E-state index contributed by atoms with van der Waals surface area (Å²) < 4.78 is 8.94. The van der Waals surface area contributed by atoms with Crippen molar-refractivity contribution < 1.29 is 9.53 Å². The van der Waals surface area contributed by atoms with Crippen LogP contribution in [0.3, 0.4) is 0 Å². The fraction of sp³-hybridized carbons (Fsp3) is 0.290. The monoisotopic (exact) mass is 568 g/mol. The quantitative estimate of drug-likeness (QED) is 0.301. The molecule has 1 aliphatic rings. The zero-order valence-electron chi connectivity index (χ0n) is 23.6. The smallest absolute Gasteiger partial charge is 0.268 e. The number of para-hydroxylation sites is 2. The molecule has 210 valence electrons. The average molecular weight is 569 g/mol. The first-order chi connectivity index (χ1) is 19.8. The number of aromatic nitrogens is 4. The highest BCUT2D eigenvalue weighted by Crippen LogP contribution is 2.29. The zero-order chi connectivity index (χ0) is 28.7. The number of carbonyl (C=O) groups excluding carboxylic acids is 1. The summed E-state index contributed by atoms with van der Waals surface area (Å²) >= 11 is 1.38. The molecule has 0 bridgehead atoms. The van der Waals surface area contributed by atoms with Crippen LogP contribution in [0, 0.1) is 20.8 Å². The maximum atomic E-state index is 13.9. The van der Waals surface area contributed by atoms with Gasteiger partial charge >= 0.3 is 0 Å². The number of rotatable bonds is 6. The third-order valence-electron chi connectivity index (χ3n) is 7.60. The van der Waals surface area contributed by atoms with Crippen molar-refractivity contribution in [2.45, 2.75) is 27.2 Å². The van der Waals surface area contributed by atoms with Crippen molar-refractivity contribution in [1.29, 1.82) is 0 Å². The van der Waals surface area contributed by atoms with Crippen molar-refractivity contribution in [2.75, 3.05) is 38.2 Å². The Kier molecular flexibility index (Phi) is 7.08. The van der Waals surface area contributed by atoms with Crippen LogP contribution >= 0.6 is 11.3 Å². The molecule has 0 N–H and O–H groups in total. The van der Waals surface area contributed by atoms with Crippen LogP contribution in [0.15, 0.2) is 64.8 Å². The van der Waals surface area contributed by atoms with E-state index in [-0.39, 0.29) is 17.9 Å². The second-order valence-electron chi connectivity index (χ2n) is 10.4. The van der Waals surface area contributed by atoms with E-state index in [0.717, 1.165) is 28.4 Å². The van der Waals surface area contributed by atoms with E-state index in [4.69, 9.17) is 14.8 Å². The van der Waals surface area contributed by atoms with Crippen molar-refractivity contribution >= 4 is 27.9 Å². The second kappa shape index (κ2) is 10.9. The topological polar surface area (TPSA) is 85.0 Å². The van der Waals surface area contributed by atoms with Gasteiger partial charge in [0, 0.05) is 42.9 Å². The molecular weight excluding hydrogens is 536 g/mol. The van der Waals surface area contributed by atoms with Gasteiger partial charge in [0.1, 0.15) is 11.4 Å². The van der Waals surface area contributed by atoms with Crippen LogP contribution in [0.1, 0.15) is 22.6 Å². The SMILES string of the molecule is COc1ccccc1N1CCN(C(=O)Cc2csc3nc(C)c(-c4cc(C)n(-c5cccc(C)c5)n4)c(=O)n23)CC1. The predicted molar refractivity (Wildman–Crippen MR) is 162 cm³/mol. The number of carbonyl (C=O) groups is 1. The van der Waals surface area contributed by atoms with Gasteiger partial charge in [0.05, 0.1) is 36.2 Å². The molecule has 3 aromatic heterocycles. The van der Waals surface area contributed by atoms with Crippen LogP contribution in [0.4, 0.5) is 5.69 Å². The number of thiazole rings is 1. The second-order valence-corrected chi connectivity index (χ2v) is 11.2. The van der Waals surface area contributed by atoms with Gasteiger partial charge in [-0.3, -0.25) is 14.0 Å². The third-order valence-corrected chi connectivity index (χ3v) is 8.48. The molecule has 1 amide bonds. The number of fused-ring (bicyclic) bond motifs is 1. The minimum Gasteiger partial charge on any atom is -0.495 e.